The second kappa shape index (κ2) is 8.45. The third-order valence-electron chi connectivity index (χ3n) is 4.10. The number of ether oxygens (including phenoxy) is 2. The number of carbonyl (C=O) groups is 2. The number of rotatable bonds is 6. The Morgan fingerprint density at radius 1 is 1.04 bits per heavy atom. The van der Waals surface area contributed by atoms with Gasteiger partial charge in [-0.1, -0.05) is 22.9 Å². The van der Waals surface area contributed by atoms with Crippen molar-refractivity contribution in [2.45, 2.75) is 13.5 Å². The van der Waals surface area contributed by atoms with E-state index in [1.165, 1.54) is 7.11 Å². The van der Waals surface area contributed by atoms with Gasteiger partial charge in [0.2, 0.25) is 0 Å². The molecule has 8 nitrogen and oxygen atoms in total. The fraction of sp³-hybridized carbons (Fsp3) is 0.200. The molecule has 0 saturated carbocycles. The van der Waals surface area contributed by atoms with Crippen molar-refractivity contribution >= 4 is 17.6 Å². The van der Waals surface area contributed by atoms with Crippen LogP contribution in [0.3, 0.4) is 0 Å². The van der Waals surface area contributed by atoms with Crippen molar-refractivity contribution in [3.63, 3.8) is 0 Å². The summed E-state index contributed by atoms with van der Waals surface area (Å²) in [6.07, 6.45) is 0. The van der Waals surface area contributed by atoms with Crippen LogP contribution in [-0.2, 0) is 16.1 Å². The number of benzene rings is 2. The number of carbonyl (C=O) groups excluding carboxylic acids is 2. The van der Waals surface area contributed by atoms with E-state index in [-0.39, 0.29) is 12.3 Å². The molecule has 2 aromatic carbocycles. The summed E-state index contributed by atoms with van der Waals surface area (Å²) in [5, 5.41) is 10.9. The van der Waals surface area contributed by atoms with E-state index in [2.05, 4.69) is 20.4 Å². The van der Waals surface area contributed by atoms with Gasteiger partial charge in [-0.3, -0.25) is 4.79 Å². The van der Waals surface area contributed by atoms with E-state index in [4.69, 9.17) is 4.74 Å². The normalized spacial score (nSPS) is 10.5. The van der Waals surface area contributed by atoms with Crippen molar-refractivity contribution < 1.29 is 19.1 Å². The van der Waals surface area contributed by atoms with Crippen LogP contribution in [0.5, 0.6) is 0 Å². The number of aryl methyl sites for hydroxylation is 1. The molecule has 0 aliphatic rings. The first-order valence-corrected chi connectivity index (χ1v) is 8.53. The van der Waals surface area contributed by atoms with Crippen LogP contribution in [0.2, 0.25) is 0 Å². The van der Waals surface area contributed by atoms with Crippen LogP contribution in [0.1, 0.15) is 32.1 Å². The lowest BCUT2D eigenvalue weighted by Gasteiger charge is -2.08. The van der Waals surface area contributed by atoms with Gasteiger partial charge in [-0.25, -0.2) is 9.48 Å². The van der Waals surface area contributed by atoms with Crippen LogP contribution >= 0.6 is 0 Å². The molecule has 3 aromatic rings. The van der Waals surface area contributed by atoms with E-state index in [1.807, 2.05) is 31.2 Å². The van der Waals surface area contributed by atoms with E-state index in [0.29, 0.717) is 16.9 Å². The van der Waals surface area contributed by atoms with E-state index in [1.54, 1.807) is 36.1 Å². The third kappa shape index (κ3) is 4.07. The van der Waals surface area contributed by atoms with E-state index in [0.717, 1.165) is 11.3 Å². The zero-order valence-corrected chi connectivity index (χ0v) is 15.8. The first kappa shape index (κ1) is 19.2. The predicted octanol–water partition coefficient (Wildman–Crippen LogP) is 2.76. The minimum Gasteiger partial charge on any atom is -0.465 e. The molecule has 0 aliphatic heterocycles. The number of aromatic nitrogens is 3. The number of anilines is 1. The molecule has 3 rings (SSSR count). The summed E-state index contributed by atoms with van der Waals surface area (Å²) in [5.74, 6) is -0.863. The van der Waals surface area contributed by atoms with E-state index >= 15 is 0 Å². The van der Waals surface area contributed by atoms with Crippen molar-refractivity contribution in [2.24, 2.45) is 0 Å². The Morgan fingerprint density at radius 2 is 1.71 bits per heavy atom. The topological polar surface area (TPSA) is 95.3 Å². The molecule has 0 atom stereocenters. The molecule has 0 saturated heterocycles. The lowest BCUT2D eigenvalue weighted by Crippen LogP contribution is -2.16. The highest BCUT2D eigenvalue weighted by Crippen LogP contribution is 2.17. The number of amides is 1. The molecule has 1 aromatic heterocycles. The van der Waals surface area contributed by atoms with Crippen molar-refractivity contribution in [3.05, 3.63) is 71.0 Å². The van der Waals surface area contributed by atoms with Crippen molar-refractivity contribution in [1.82, 2.24) is 15.0 Å². The van der Waals surface area contributed by atoms with Gasteiger partial charge in [-0.2, -0.15) is 0 Å². The summed E-state index contributed by atoms with van der Waals surface area (Å²) >= 11 is 0. The molecule has 0 bridgehead atoms. The second-order valence-electron chi connectivity index (χ2n) is 6.09. The third-order valence-corrected chi connectivity index (χ3v) is 4.10. The monoisotopic (exact) mass is 380 g/mol. The summed E-state index contributed by atoms with van der Waals surface area (Å²) in [5.41, 5.74) is 3.52. The van der Waals surface area contributed by atoms with Crippen molar-refractivity contribution in [1.29, 1.82) is 0 Å². The summed E-state index contributed by atoms with van der Waals surface area (Å²) in [6, 6.07) is 14.1. The fourth-order valence-corrected chi connectivity index (χ4v) is 2.64. The van der Waals surface area contributed by atoms with Gasteiger partial charge in [-0.15, -0.1) is 5.10 Å². The molecule has 1 amide bonds. The van der Waals surface area contributed by atoms with Gasteiger partial charge in [-0.05, 0) is 43.3 Å². The van der Waals surface area contributed by atoms with Crippen LogP contribution in [-0.4, -0.2) is 41.1 Å². The van der Waals surface area contributed by atoms with Crippen LogP contribution in [0.25, 0.3) is 5.69 Å². The summed E-state index contributed by atoms with van der Waals surface area (Å²) < 4.78 is 11.5. The Labute approximate surface area is 162 Å². The highest BCUT2D eigenvalue weighted by atomic mass is 16.5. The highest BCUT2D eigenvalue weighted by molar-refractivity contribution is 6.03. The maximum Gasteiger partial charge on any atom is 0.337 e. The van der Waals surface area contributed by atoms with Gasteiger partial charge in [0.25, 0.3) is 5.91 Å². The van der Waals surface area contributed by atoms with Crippen LogP contribution in [0.15, 0.2) is 48.5 Å². The maximum atomic E-state index is 12.7. The standard InChI is InChI=1S/C20H20N4O4/c1-13-4-10-16(11-5-13)24-17(12-27-2)18(22-23-24)19(25)21-15-8-6-14(7-9-15)20(26)28-3/h4-11H,12H2,1-3H3,(H,21,25). The number of nitrogens with one attached hydrogen (secondary N) is 1. The van der Waals surface area contributed by atoms with Gasteiger partial charge in [0.1, 0.15) is 5.69 Å². The van der Waals surface area contributed by atoms with E-state index in [9.17, 15) is 9.59 Å². The minimum atomic E-state index is -0.443. The van der Waals surface area contributed by atoms with Crippen LogP contribution < -0.4 is 5.32 Å². The molecule has 0 spiro atoms. The Bertz CT molecular complexity index is 978. The summed E-state index contributed by atoms with van der Waals surface area (Å²) in [4.78, 5) is 24.2. The average Bonchev–Trinajstić information content (AvgIpc) is 3.12. The first-order valence-electron chi connectivity index (χ1n) is 8.53. The highest BCUT2D eigenvalue weighted by Gasteiger charge is 2.21. The summed E-state index contributed by atoms with van der Waals surface area (Å²) in [7, 11) is 2.85. The number of methoxy groups -OCH3 is 2. The SMILES string of the molecule is COCc1c(C(=O)Nc2ccc(C(=O)OC)cc2)nnn1-c1ccc(C)cc1. The molecule has 1 heterocycles. The number of hydrogen-bond donors (Lipinski definition) is 1. The predicted molar refractivity (Wildman–Crippen MR) is 103 cm³/mol. The van der Waals surface area contributed by atoms with Crippen LogP contribution in [0, 0.1) is 6.92 Å². The Balaban J connectivity index is 1.85. The molecule has 0 radical (unpaired) electrons. The Kier molecular flexibility index (Phi) is 5.81. The minimum absolute atomic E-state index is 0.166. The molecule has 144 valence electrons. The first-order chi connectivity index (χ1) is 13.5. The molecular formula is C20H20N4O4. The zero-order valence-electron chi connectivity index (χ0n) is 15.8. The number of hydrogen-bond acceptors (Lipinski definition) is 6. The Hall–Kier alpha value is -3.52. The van der Waals surface area contributed by atoms with Gasteiger partial charge in [0, 0.05) is 12.8 Å². The van der Waals surface area contributed by atoms with Gasteiger partial charge in [0.05, 0.1) is 25.0 Å². The second-order valence-corrected chi connectivity index (χ2v) is 6.09. The quantitative estimate of drug-likeness (QED) is 0.661. The molecule has 1 N–H and O–H groups in total. The van der Waals surface area contributed by atoms with Crippen LogP contribution in [0.4, 0.5) is 5.69 Å². The van der Waals surface area contributed by atoms with Gasteiger partial charge < -0.3 is 14.8 Å². The fourth-order valence-electron chi connectivity index (χ4n) is 2.64. The molecule has 0 aliphatic carbocycles. The molecule has 0 unspecified atom stereocenters. The zero-order chi connectivity index (χ0) is 20.1. The largest absolute Gasteiger partial charge is 0.465 e. The molecular weight excluding hydrogens is 360 g/mol. The maximum absolute atomic E-state index is 12.7. The van der Waals surface area contributed by atoms with Gasteiger partial charge >= 0.3 is 5.97 Å². The molecule has 0 fully saturated rings. The molecule has 28 heavy (non-hydrogen) atoms. The lowest BCUT2D eigenvalue weighted by atomic mass is 10.2. The molecule has 8 heteroatoms. The van der Waals surface area contributed by atoms with Gasteiger partial charge in [0.15, 0.2) is 5.69 Å². The van der Waals surface area contributed by atoms with E-state index < -0.39 is 11.9 Å². The summed E-state index contributed by atoms with van der Waals surface area (Å²) in [6.45, 7) is 2.16. The Morgan fingerprint density at radius 3 is 2.32 bits per heavy atom. The van der Waals surface area contributed by atoms with Crippen molar-refractivity contribution in [2.75, 3.05) is 19.5 Å². The lowest BCUT2D eigenvalue weighted by molar-refractivity contribution is 0.0600. The smallest absolute Gasteiger partial charge is 0.337 e. The van der Waals surface area contributed by atoms with Crippen molar-refractivity contribution in [3.8, 4) is 5.69 Å². The number of nitrogens with zero attached hydrogens (tertiary/aromatic N) is 3. The average molecular weight is 380 g/mol. The number of esters is 1.